The molecule has 0 heterocycles. The highest BCUT2D eigenvalue weighted by atomic mass is 32.2. The fraction of sp³-hybridized carbons (Fsp3) is 0.200. The van der Waals surface area contributed by atoms with Gasteiger partial charge in [0.15, 0.2) is 0 Å². The molecule has 28 heavy (non-hydrogen) atoms. The van der Waals surface area contributed by atoms with Crippen LogP contribution in [0.15, 0.2) is 67.3 Å². The van der Waals surface area contributed by atoms with Gasteiger partial charge >= 0.3 is 0 Å². The number of para-hydroxylation sites is 1. The molecule has 7 nitrogen and oxygen atoms in total. The molecule has 148 valence electrons. The Morgan fingerprint density at radius 3 is 2.32 bits per heavy atom. The molecule has 0 saturated heterocycles. The SMILES string of the molecule is C=CCNC(=O)c1ccccc1NC(=O)[C@H](c1ccccc1)N(C)S(C)(=O)=O. The minimum absolute atomic E-state index is 0.270. The third-order valence-corrected chi connectivity index (χ3v) is 5.34. The average Bonchev–Trinajstić information content (AvgIpc) is 2.66. The van der Waals surface area contributed by atoms with E-state index in [1.807, 2.05) is 0 Å². The van der Waals surface area contributed by atoms with E-state index in [-0.39, 0.29) is 23.7 Å². The average molecular weight is 401 g/mol. The molecule has 8 heteroatoms. The first-order valence-corrected chi connectivity index (χ1v) is 10.4. The zero-order chi connectivity index (χ0) is 20.7. The van der Waals surface area contributed by atoms with Gasteiger partial charge < -0.3 is 10.6 Å². The summed E-state index contributed by atoms with van der Waals surface area (Å²) in [5.41, 5.74) is 1.07. The number of carbonyl (C=O) groups is 2. The van der Waals surface area contributed by atoms with Gasteiger partial charge in [0.2, 0.25) is 15.9 Å². The van der Waals surface area contributed by atoms with Crippen LogP contribution in [0.5, 0.6) is 0 Å². The fourth-order valence-electron chi connectivity index (χ4n) is 2.60. The van der Waals surface area contributed by atoms with Crippen LogP contribution in [0.25, 0.3) is 0 Å². The Balaban J connectivity index is 2.37. The Morgan fingerprint density at radius 2 is 1.71 bits per heavy atom. The van der Waals surface area contributed by atoms with Gasteiger partial charge in [-0.2, -0.15) is 4.31 Å². The van der Waals surface area contributed by atoms with Crippen molar-refractivity contribution < 1.29 is 18.0 Å². The van der Waals surface area contributed by atoms with Gasteiger partial charge in [0.1, 0.15) is 6.04 Å². The second-order valence-corrected chi connectivity index (χ2v) is 8.17. The number of hydrogen-bond acceptors (Lipinski definition) is 4. The third kappa shape index (κ3) is 5.28. The van der Waals surface area contributed by atoms with E-state index in [4.69, 9.17) is 0 Å². The van der Waals surface area contributed by atoms with Crippen LogP contribution in [0.4, 0.5) is 5.69 Å². The number of nitrogens with one attached hydrogen (secondary N) is 2. The van der Waals surface area contributed by atoms with Gasteiger partial charge in [-0.25, -0.2) is 8.42 Å². The van der Waals surface area contributed by atoms with Gasteiger partial charge in [0.05, 0.1) is 17.5 Å². The predicted molar refractivity (Wildman–Crippen MR) is 109 cm³/mol. The molecule has 2 aromatic carbocycles. The maximum absolute atomic E-state index is 13.0. The van der Waals surface area contributed by atoms with Crippen molar-refractivity contribution in [3.63, 3.8) is 0 Å². The summed E-state index contributed by atoms with van der Waals surface area (Å²) in [6, 6.07) is 14.0. The van der Waals surface area contributed by atoms with E-state index in [2.05, 4.69) is 17.2 Å². The first kappa shape index (κ1) is 21.3. The lowest BCUT2D eigenvalue weighted by molar-refractivity contribution is -0.119. The molecule has 2 aromatic rings. The number of carbonyl (C=O) groups excluding carboxylic acids is 2. The molecular weight excluding hydrogens is 378 g/mol. The van der Waals surface area contributed by atoms with Crippen molar-refractivity contribution in [1.29, 1.82) is 0 Å². The van der Waals surface area contributed by atoms with Crippen LogP contribution in [0.1, 0.15) is 22.0 Å². The maximum Gasteiger partial charge on any atom is 0.253 e. The molecule has 0 aromatic heterocycles. The highest BCUT2D eigenvalue weighted by Gasteiger charge is 2.31. The Kier molecular flexibility index (Phi) is 7.08. The van der Waals surface area contributed by atoms with Crippen molar-refractivity contribution in [3.8, 4) is 0 Å². The van der Waals surface area contributed by atoms with E-state index < -0.39 is 22.0 Å². The van der Waals surface area contributed by atoms with E-state index in [0.717, 1.165) is 10.6 Å². The fourth-order valence-corrected chi connectivity index (χ4v) is 3.20. The molecule has 0 aliphatic heterocycles. The van der Waals surface area contributed by atoms with E-state index in [9.17, 15) is 18.0 Å². The molecule has 2 N–H and O–H groups in total. The lowest BCUT2D eigenvalue weighted by Crippen LogP contribution is -2.38. The number of rotatable bonds is 8. The highest BCUT2D eigenvalue weighted by molar-refractivity contribution is 7.88. The number of hydrogen-bond donors (Lipinski definition) is 2. The molecule has 0 bridgehead atoms. The molecule has 0 fully saturated rings. The minimum atomic E-state index is -3.64. The molecule has 0 spiro atoms. The summed E-state index contributed by atoms with van der Waals surface area (Å²) in [5, 5.41) is 5.34. The van der Waals surface area contributed by atoms with Gasteiger partial charge in [-0.3, -0.25) is 9.59 Å². The third-order valence-electron chi connectivity index (χ3n) is 4.09. The second kappa shape index (κ2) is 9.29. The van der Waals surface area contributed by atoms with Crippen LogP contribution in [0.3, 0.4) is 0 Å². The van der Waals surface area contributed by atoms with Crippen LogP contribution in [-0.2, 0) is 14.8 Å². The molecule has 0 aliphatic rings. The first-order valence-electron chi connectivity index (χ1n) is 8.52. The lowest BCUT2D eigenvalue weighted by Gasteiger charge is -2.26. The second-order valence-electron chi connectivity index (χ2n) is 6.13. The van der Waals surface area contributed by atoms with Gasteiger partial charge in [0.25, 0.3) is 5.91 Å². The maximum atomic E-state index is 13.0. The molecule has 0 aliphatic carbocycles. The van der Waals surface area contributed by atoms with Crippen molar-refractivity contribution >= 4 is 27.5 Å². The summed E-state index contributed by atoms with van der Waals surface area (Å²) in [4.78, 5) is 25.3. The molecular formula is C20H23N3O4S. The summed E-state index contributed by atoms with van der Waals surface area (Å²) in [5.74, 6) is -0.938. The molecule has 0 saturated carbocycles. The standard InChI is InChI=1S/C20H23N3O4S/c1-4-14-21-19(24)16-12-8-9-13-17(16)22-20(25)18(23(2)28(3,26)27)15-10-6-5-7-11-15/h4-13,18H,1,14H2,2-3H3,(H,21,24)(H,22,25)/t18-/m0/s1. The zero-order valence-electron chi connectivity index (χ0n) is 15.8. The summed E-state index contributed by atoms with van der Waals surface area (Å²) >= 11 is 0. The quantitative estimate of drug-likeness (QED) is 0.663. The summed E-state index contributed by atoms with van der Waals surface area (Å²) in [6.45, 7) is 3.83. The largest absolute Gasteiger partial charge is 0.349 e. The Bertz CT molecular complexity index is 958. The summed E-state index contributed by atoms with van der Waals surface area (Å²) in [7, 11) is -2.30. The van der Waals surface area contributed by atoms with Crippen LogP contribution in [0, 0.1) is 0 Å². The van der Waals surface area contributed by atoms with Gasteiger partial charge in [-0.1, -0.05) is 48.5 Å². The van der Waals surface area contributed by atoms with E-state index >= 15 is 0 Å². The Labute approximate surface area is 165 Å². The first-order chi connectivity index (χ1) is 13.3. The summed E-state index contributed by atoms with van der Waals surface area (Å²) < 4.78 is 25.1. The number of likely N-dealkylation sites (N-methyl/N-ethyl adjacent to an activating group) is 1. The van der Waals surface area contributed by atoms with Crippen LogP contribution in [-0.4, -0.2) is 44.4 Å². The number of nitrogens with zero attached hydrogens (tertiary/aromatic N) is 1. The van der Waals surface area contributed by atoms with E-state index in [1.54, 1.807) is 60.7 Å². The predicted octanol–water partition coefficient (Wildman–Crippen LogP) is 2.17. The van der Waals surface area contributed by atoms with E-state index in [0.29, 0.717) is 5.56 Å². The monoisotopic (exact) mass is 401 g/mol. The number of anilines is 1. The number of benzene rings is 2. The molecule has 2 amide bonds. The van der Waals surface area contributed by atoms with E-state index in [1.165, 1.54) is 7.05 Å². The van der Waals surface area contributed by atoms with Crippen molar-refractivity contribution in [2.75, 3.05) is 25.2 Å². The van der Waals surface area contributed by atoms with Gasteiger partial charge in [0, 0.05) is 13.6 Å². The normalized spacial score (nSPS) is 12.2. The topological polar surface area (TPSA) is 95.6 Å². The summed E-state index contributed by atoms with van der Waals surface area (Å²) in [6.07, 6.45) is 2.58. The molecule has 2 rings (SSSR count). The Hall–Kier alpha value is -2.97. The van der Waals surface area contributed by atoms with Crippen molar-refractivity contribution in [2.24, 2.45) is 0 Å². The van der Waals surface area contributed by atoms with Gasteiger partial charge in [-0.15, -0.1) is 6.58 Å². The van der Waals surface area contributed by atoms with Crippen LogP contribution < -0.4 is 10.6 Å². The lowest BCUT2D eigenvalue weighted by atomic mass is 10.1. The van der Waals surface area contributed by atoms with Gasteiger partial charge in [-0.05, 0) is 17.7 Å². The molecule has 1 atom stereocenters. The van der Waals surface area contributed by atoms with Crippen molar-refractivity contribution in [3.05, 3.63) is 78.4 Å². The number of amides is 2. The zero-order valence-corrected chi connectivity index (χ0v) is 16.6. The minimum Gasteiger partial charge on any atom is -0.349 e. The van der Waals surface area contributed by atoms with Crippen LogP contribution in [0.2, 0.25) is 0 Å². The smallest absolute Gasteiger partial charge is 0.253 e. The van der Waals surface area contributed by atoms with Crippen molar-refractivity contribution in [1.82, 2.24) is 9.62 Å². The molecule has 0 unspecified atom stereocenters. The molecule has 0 radical (unpaired) electrons. The Morgan fingerprint density at radius 1 is 1.11 bits per heavy atom. The van der Waals surface area contributed by atoms with Crippen LogP contribution >= 0.6 is 0 Å². The number of sulfonamides is 1. The highest BCUT2D eigenvalue weighted by Crippen LogP contribution is 2.25. The van der Waals surface area contributed by atoms with Crippen molar-refractivity contribution in [2.45, 2.75) is 6.04 Å².